The van der Waals surface area contributed by atoms with Gasteiger partial charge in [-0.2, -0.15) is 0 Å². The molecule has 2 amide bonds. The first kappa shape index (κ1) is 18.5. The summed E-state index contributed by atoms with van der Waals surface area (Å²) in [5.41, 5.74) is 1.70. The zero-order chi connectivity index (χ0) is 19.0. The second-order valence-corrected chi connectivity index (χ2v) is 7.85. The van der Waals surface area contributed by atoms with Gasteiger partial charge in [0.1, 0.15) is 11.4 Å². The van der Waals surface area contributed by atoms with E-state index in [0.29, 0.717) is 34.4 Å². The molecule has 0 aliphatic carbocycles. The summed E-state index contributed by atoms with van der Waals surface area (Å²) >= 11 is 0. The number of piperidine rings is 1. The minimum Gasteiger partial charge on any atom is -0.496 e. The molecule has 0 spiro atoms. The molecular weight excluding hydrogens is 328 g/mol. The second-order valence-electron chi connectivity index (χ2n) is 7.85. The predicted octanol–water partition coefficient (Wildman–Crippen LogP) is 3.16. The Hall–Kier alpha value is -2.30. The highest BCUT2D eigenvalue weighted by Crippen LogP contribution is 2.38. The van der Waals surface area contributed by atoms with Crippen LogP contribution >= 0.6 is 0 Å². The van der Waals surface area contributed by atoms with Gasteiger partial charge in [0.05, 0.1) is 12.7 Å². The molecule has 1 fully saturated rings. The number of hydrogen-bond donors (Lipinski definition) is 0. The number of benzene rings is 1. The standard InChI is InChI=1S/C21H28N2O3/c1-13(2)23-20(24)18(16-8-6-7-9-17(16)26-5)19(21(23)25)22-11-14(3)10-15(4)12-22/h6-9,13-15H,10-12H2,1-5H3. The number of nitrogens with zero attached hydrogens (tertiary/aromatic N) is 2. The Morgan fingerprint density at radius 1 is 1.04 bits per heavy atom. The smallest absolute Gasteiger partial charge is 0.278 e. The Bertz CT molecular complexity index is 743. The summed E-state index contributed by atoms with van der Waals surface area (Å²) in [6.45, 7) is 9.74. The first-order chi connectivity index (χ1) is 12.3. The zero-order valence-corrected chi connectivity index (χ0v) is 16.3. The summed E-state index contributed by atoms with van der Waals surface area (Å²) in [4.78, 5) is 29.9. The maximum Gasteiger partial charge on any atom is 0.278 e. The van der Waals surface area contributed by atoms with Gasteiger partial charge in [-0.3, -0.25) is 14.5 Å². The maximum absolute atomic E-state index is 13.2. The van der Waals surface area contributed by atoms with Crippen molar-refractivity contribution in [2.75, 3.05) is 20.2 Å². The van der Waals surface area contributed by atoms with E-state index < -0.39 is 0 Å². The van der Waals surface area contributed by atoms with Crippen LogP contribution in [0.1, 0.15) is 39.7 Å². The van der Waals surface area contributed by atoms with Gasteiger partial charge in [0.15, 0.2) is 0 Å². The molecule has 1 aromatic rings. The van der Waals surface area contributed by atoms with Gasteiger partial charge in [-0.25, -0.2) is 0 Å². The molecule has 0 saturated carbocycles. The molecule has 0 bridgehead atoms. The number of ether oxygens (including phenoxy) is 1. The average molecular weight is 356 g/mol. The van der Waals surface area contributed by atoms with Crippen LogP contribution in [0.25, 0.3) is 5.57 Å². The third-order valence-electron chi connectivity index (χ3n) is 5.17. The Balaban J connectivity index is 2.16. The lowest BCUT2D eigenvalue weighted by molar-refractivity contribution is -0.139. The van der Waals surface area contributed by atoms with E-state index in [1.807, 2.05) is 38.1 Å². The fourth-order valence-electron chi connectivity index (χ4n) is 4.24. The van der Waals surface area contributed by atoms with E-state index in [0.717, 1.165) is 19.5 Å². The van der Waals surface area contributed by atoms with Crippen LogP contribution in [-0.4, -0.2) is 47.9 Å². The van der Waals surface area contributed by atoms with Crippen LogP contribution in [0.4, 0.5) is 0 Å². The van der Waals surface area contributed by atoms with Crippen molar-refractivity contribution in [1.29, 1.82) is 0 Å². The minimum atomic E-state index is -0.227. The van der Waals surface area contributed by atoms with Crippen LogP contribution in [-0.2, 0) is 9.59 Å². The quantitative estimate of drug-likeness (QED) is 0.778. The third kappa shape index (κ3) is 3.11. The fraction of sp³-hybridized carbons (Fsp3) is 0.524. The molecular formula is C21H28N2O3. The molecule has 1 saturated heterocycles. The molecule has 2 atom stereocenters. The van der Waals surface area contributed by atoms with E-state index >= 15 is 0 Å². The summed E-state index contributed by atoms with van der Waals surface area (Å²) in [6, 6.07) is 7.25. The number of carbonyl (C=O) groups is 2. The molecule has 2 aliphatic rings. The summed E-state index contributed by atoms with van der Waals surface area (Å²) in [7, 11) is 1.59. The van der Waals surface area contributed by atoms with Crippen molar-refractivity contribution in [2.45, 2.75) is 40.2 Å². The Morgan fingerprint density at radius 3 is 2.23 bits per heavy atom. The lowest BCUT2D eigenvalue weighted by Gasteiger charge is -2.37. The zero-order valence-electron chi connectivity index (χ0n) is 16.3. The second kappa shape index (κ2) is 7.14. The van der Waals surface area contributed by atoms with Crippen LogP contribution in [0.3, 0.4) is 0 Å². The van der Waals surface area contributed by atoms with E-state index in [9.17, 15) is 9.59 Å². The highest BCUT2D eigenvalue weighted by atomic mass is 16.5. The van der Waals surface area contributed by atoms with Gasteiger partial charge in [-0.05, 0) is 38.2 Å². The molecule has 2 aliphatic heterocycles. The van der Waals surface area contributed by atoms with E-state index in [1.54, 1.807) is 7.11 Å². The van der Waals surface area contributed by atoms with E-state index in [1.165, 1.54) is 4.90 Å². The lowest BCUT2D eigenvalue weighted by atomic mass is 9.91. The molecule has 2 unspecified atom stereocenters. The number of imide groups is 1. The lowest BCUT2D eigenvalue weighted by Crippen LogP contribution is -2.43. The summed E-state index contributed by atoms with van der Waals surface area (Å²) in [6.07, 6.45) is 1.14. The number of para-hydroxylation sites is 1. The first-order valence-corrected chi connectivity index (χ1v) is 9.35. The van der Waals surface area contributed by atoms with Gasteiger partial charge >= 0.3 is 0 Å². The molecule has 2 heterocycles. The Morgan fingerprint density at radius 2 is 1.65 bits per heavy atom. The molecule has 3 rings (SSSR count). The molecule has 0 radical (unpaired) electrons. The Kier molecular flexibility index (Phi) is 5.08. The topological polar surface area (TPSA) is 49.9 Å². The monoisotopic (exact) mass is 356 g/mol. The van der Waals surface area contributed by atoms with Crippen molar-refractivity contribution in [2.24, 2.45) is 11.8 Å². The third-order valence-corrected chi connectivity index (χ3v) is 5.17. The largest absolute Gasteiger partial charge is 0.496 e. The number of hydrogen-bond acceptors (Lipinski definition) is 4. The van der Waals surface area contributed by atoms with Crippen LogP contribution in [0.15, 0.2) is 30.0 Å². The molecule has 5 nitrogen and oxygen atoms in total. The summed E-state index contributed by atoms with van der Waals surface area (Å²) in [5, 5.41) is 0. The van der Waals surface area contributed by atoms with Crippen molar-refractivity contribution >= 4 is 17.4 Å². The Labute approximate surface area is 155 Å². The van der Waals surface area contributed by atoms with E-state index in [-0.39, 0.29) is 17.9 Å². The number of rotatable bonds is 4. The number of carbonyl (C=O) groups excluding carboxylic acids is 2. The van der Waals surface area contributed by atoms with Gasteiger partial charge in [-0.15, -0.1) is 0 Å². The molecule has 0 N–H and O–H groups in total. The van der Waals surface area contributed by atoms with E-state index in [4.69, 9.17) is 4.74 Å². The molecule has 140 valence electrons. The molecule has 26 heavy (non-hydrogen) atoms. The SMILES string of the molecule is COc1ccccc1C1=C(N2CC(C)CC(C)C2)C(=O)N(C(C)C)C1=O. The average Bonchev–Trinajstić information content (AvgIpc) is 2.84. The number of likely N-dealkylation sites (tertiary alicyclic amines) is 1. The summed E-state index contributed by atoms with van der Waals surface area (Å²) < 4.78 is 5.48. The van der Waals surface area contributed by atoms with Gasteiger partial charge < -0.3 is 9.64 Å². The summed E-state index contributed by atoms with van der Waals surface area (Å²) in [5.74, 6) is 1.18. The molecule has 1 aromatic carbocycles. The highest BCUT2D eigenvalue weighted by molar-refractivity contribution is 6.36. The van der Waals surface area contributed by atoms with Crippen molar-refractivity contribution in [3.8, 4) is 5.75 Å². The van der Waals surface area contributed by atoms with Gasteiger partial charge in [0.25, 0.3) is 11.8 Å². The number of amides is 2. The maximum atomic E-state index is 13.2. The first-order valence-electron chi connectivity index (χ1n) is 9.35. The van der Waals surface area contributed by atoms with E-state index in [2.05, 4.69) is 18.7 Å². The normalized spacial score (nSPS) is 24.1. The predicted molar refractivity (Wildman–Crippen MR) is 101 cm³/mol. The van der Waals surface area contributed by atoms with Crippen LogP contribution in [0.2, 0.25) is 0 Å². The van der Waals surface area contributed by atoms with Crippen molar-refractivity contribution in [1.82, 2.24) is 9.80 Å². The van der Waals surface area contributed by atoms with Gasteiger partial charge in [-0.1, -0.05) is 32.0 Å². The van der Waals surface area contributed by atoms with Crippen molar-refractivity contribution in [3.05, 3.63) is 35.5 Å². The molecule has 5 heteroatoms. The minimum absolute atomic E-state index is 0.183. The van der Waals surface area contributed by atoms with Crippen LogP contribution < -0.4 is 4.74 Å². The highest BCUT2D eigenvalue weighted by Gasteiger charge is 2.44. The fourth-order valence-corrected chi connectivity index (χ4v) is 4.24. The molecule has 0 aromatic heterocycles. The van der Waals surface area contributed by atoms with Crippen molar-refractivity contribution in [3.63, 3.8) is 0 Å². The van der Waals surface area contributed by atoms with Gasteiger partial charge in [0.2, 0.25) is 0 Å². The number of methoxy groups -OCH3 is 1. The van der Waals surface area contributed by atoms with Crippen molar-refractivity contribution < 1.29 is 14.3 Å². The van der Waals surface area contributed by atoms with Gasteiger partial charge in [0, 0.05) is 24.7 Å². The van der Waals surface area contributed by atoms with Crippen LogP contribution in [0, 0.1) is 11.8 Å². The van der Waals surface area contributed by atoms with Crippen LogP contribution in [0.5, 0.6) is 5.75 Å².